The summed E-state index contributed by atoms with van der Waals surface area (Å²) in [6, 6.07) is 0. The van der Waals surface area contributed by atoms with Crippen molar-refractivity contribution in [2.45, 2.75) is 6.92 Å². The van der Waals surface area contributed by atoms with E-state index in [9.17, 15) is 4.79 Å². The highest BCUT2D eigenvalue weighted by molar-refractivity contribution is 5.77. The van der Waals surface area contributed by atoms with Crippen LogP contribution in [-0.4, -0.2) is 19.7 Å². The largest absolute Gasteiger partial charge is 0.368 e. The number of nitrogens with zero attached hydrogens (tertiary/aromatic N) is 3. The highest BCUT2D eigenvalue weighted by atomic mass is 16.1. The van der Waals surface area contributed by atoms with Crippen LogP contribution in [0.3, 0.4) is 0 Å². The van der Waals surface area contributed by atoms with Crippen molar-refractivity contribution in [1.82, 2.24) is 19.7 Å². The number of hydrogen-bond acceptors (Lipinski definition) is 4. The van der Waals surface area contributed by atoms with Gasteiger partial charge in [-0.2, -0.15) is 0 Å². The molecule has 0 spiro atoms. The topological polar surface area (TPSA) is 89.6 Å². The zero-order valence-electron chi connectivity index (χ0n) is 7.33. The van der Waals surface area contributed by atoms with Crippen LogP contribution in [-0.2, 0) is 7.05 Å². The molecule has 0 saturated carbocycles. The standard InChI is InChI=1S/C7H9N5O/c1-3-5-4(10-7(8)9-3)6(13)11-12(5)2/h1-2H3,(H,11,13)(H2,8,9,10). The quantitative estimate of drug-likeness (QED) is 0.573. The van der Waals surface area contributed by atoms with Crippen molar-refractivity contribution in [2.75, 3.05) is 5.73 Å². The van der Waals surface area contributed by atoms with Gasteiger partial charge in [0, 0.05) is 7.05 Å². The Hall–Kier alpha value is -1.85. The van der Waals surface area contributed by atoms with Crippen LogP contribution in [0.15, 0.2) is 4.79 Å². The fraction of sp³-hybridized carbons (Fsp3) is 0.286. The van der Waals surface area contributed by atoms with Crippen molar-refractivity contribution < 1.29 is 0 Å². The number of aromatic nitrogens is 4. The zero-order chi connectivity index (χ0) is 9.59. The van der Waals surface area contributed by atoms with Crippen LogP contribution >= 0.6 is 0 Å². The van der Waals surface area contributed by atoms with E-state index >= 15 is 0 Å². The third-order valence-corrected chi connectivity index (χ3v) is 1.90. The Labute approximate surface area is 73.4 Å². The first-order valence-electron chi connectivity index (χ1n) is 3.78. The van der Waals surface area contributed by atoms with E-state index in [1.54, 1.807) is 18.7 Å². The summed E-state index contributed by atoms with van der Waals surface area (Å²) in [6.07, 6.45) is 0. The first-order valence-corrected chi connectivity index (χ1v) is 3.78. The first kappa shape index (κ1) is 7.78. The average molecular weight is 179 g/mol. The Morgan fingerprint density at radius 2 is 2.15 bits per heavy atom. The lowest BCUT2D eigenvalue weighted by Crippen LogP contribution is -2.03. The summed E-state index contributed by atoms with van der Waals surface area (Å²) in [5, 5.41) is 2.59. The van der Waals surface area contributed by atoms with E-state index in [1.807, 2.05) is 0 Å². The second kappa shape index (κ2) is 2.32. The maximum Gasteiger partial charge on any atom is 0.290 e. The molecule has 2 heterocycles. The molecule has 0 aliphatic rings. The fourth-order valence-electron chi connectivity index (χ4n) is 1.41. The summed E-state index contributed by atoms with van der Waals surface area (Å²) in [5.74, 6) is 0.127. The van der Waals surface area contributed by atoms with Gasteiger partial charge in [0.05, 0.1) is 5.69 Å². The van der Waals surface area contributed by atoms with Gasteiger partial charge in [-0.15, -0.1) is 0 Å². The SMILES string of the molecule is Cc1nc(N)nc2c(=O)[nH]n(C)c12. The molecule has 0 aromatic carbocycles. The number of aryl methyl sites for hydroxylation is 2. The minimum Gasteiger partial charge on any atom is -0.368 e. The number of nitrogens with one attached hydrogen (secondary N) is 1. The van der Waals surface area contributed by atoms with Gasteiger partial charge in [-0.1, -0.05) is 0 Å². The third-order valence-electron chi connectivity index (χ3n) is 1.90. The molecular weight excluding hydrogens is 170 g/mol. The maximum absolute atomic E-state index is 11.3. The molecular formula is C7H9N5O. The summed E-state index contributed by atoms with van der Waals surface area (Å²) in [5.41, 5.74) is 6.91. The summed E-state index contributed by atoms with van der Waals surface area (Å²) in [6.45, 7) is 1.79. The van der Waals surface area contributed by atoms with Crippen LogP contribution in [0.2, 0.25) is 0 Å². The molecule has 0 atom stereocenters. The van der Waals surface area contributed by atoms with E-state index < -0.39 is 0 Å². The minimum atomic E-state index is -0.241. The second-order valence-electron chi connectivity index (χ2n) is 2.86. The Bertz CT molecular complexity index is 523. The molecule has 0 fully saturated rings. The zero-order valence-corrected chi connectivity index (χ0v) is 7.33. The molecule has 0 bridgehead atoms. The van der Waals surface area contributed by atoms with E-state index in [4.69, 9.17) is 5.73 Å². The summed E-state index contributed by atoms with van der Waals surface area (Å²) < 4.78 is 1.59. The normalized spacial score (nSPS) is 10.9. The molecule has 13 heavy (non-hydrogen) atoms. The predicted octanol–water partition coefficient (Wildman–Crippen LogP) is -0.453. The van der Waals surface area contributed by atoms with Crippen LogP contribution < -0.4 is 11.3 Å². The molecule has 6 nitrogen and oxygen atoms in total. The van der Waals surface area contributed by atoms with Crippen molar-refractivity contribution >= 4 is 17.0 Å². The Morgan fingerprint density at radius 3 is 2.85 bits per heavy atom. The van der Waals surface area contributed by atoms with Crippen molar-refractivity contribution in [2.24, 2.45) is 7.05 Å². The van der Waals surface area contributed by atoms with Gasteiger partial charge in [0.2, 0.25) is 5.95 Å². The highest BCUT2D eigenvalue weighted by Gasteiger charge is 2.09. The lowest BCUT2D eigenvalue weighted by atomic mass is 10.3. The Kier molecular flexibility index (Phi) is 1.39. The van der Waals surface area contributed by atoms with Crippen molar-refractivity contribution in [3.8, 4) is 0 Å². The van der Waals surface area contributed by atoms with Gasteiger partial charge in [-0.25, -0.2) is 9.97 Å². The lowest BCUT2D eigenvalue weighted by Gasteiger charge is -1.98. The van der Waals surface area contributed by atoms with E-state index in [1.165, 1.54) is 0 Å². The summed E-state index contributed by atoms with van der Waals surface area (Å²) in [7, 11) is 1.73. The molecule has 0 radical (unpaired) electrons. The number of nitrogens with two attached hydrogens (primary N) is 1. The lowest BCUT2D eigenvalue weighted by molar-refractivity contribution is 0.779. The molecule has 2 rings (SSSR count). The van der Waals surface area contributed by atoms with E-state index in [0.717, 1.165) is 0 Å². The molecule has 68 valence electrons. The number of hydrogen-bond donors (Lipinski definition) is 2. The molecule has 0 aliphatic heterocycles. The smallest absolute Gasteiger partial charge is 0.290 e. The molecule has 0 unspecified atom stereocenters. The molecule has 2 aromatic rings. The maximum atomic E-state index is 11.3. The number of fused-ring (bicyclic) bond motifs is 1. The van der Waals surface area contributed by atoms with Gasteiger partial charge < -0.3 is 5.73 Å². The van der Waals surface area contributed by atoms with Gasteiger partial charge in [-0.05, 0) is 6.92 Å². The van der Waals surface area contributed by atoms with E-state index in [0.29, 0.717) is 16.7 Å². The number of aromatic amines is 1. The van der Waals surface area contributed by atoms with Crippen molar-refractivity contribution in [3.63, 3.8) is 0 Å². The Morgan fingerprint density at radius 1 is 1.46 bits per heavy atom. The van der Waals surface area contributed by atoms with Crippen LogP contribution in [0, 0.1) is 6.92 Å². The monoisotopic (exact) mass is 179 g/mol. The minimum absolute atomic E-state index is 0.127. The summed E-state index contributed by atoms with van der Waals surface area (Å²) >= 11 is 0. The molecule has 0 aliphatic carbocycles. The molecule has 2 aromatic heterocycles. The van der Waals surface area contributed by atoms with Crippen LogP contribution in [0.5, 0.6) is 0 Å². The molecule has 3 N–H and O–H groups in total. The van der Waals surface area contributed by atoms with Gasteiger partial charge in [-0.3, -0.25) is 14.6 Å². The Balaban J connectivity index is 3.06. The van der Waals surface area contributed by atoms with Crippen LogP contribution in [0.1, 0.15) is 5.69 Å². The number of anilines is 1. The molecule has 0 saturated heterocycles. The number of nitrogen functional groups attached to an aromatic ring is 1. The van der Waals surface area contributed by atoms with Gasteiger partial charge in [0.1, 0.15) is 5.52 Å². The highest BCUT2D eigenvalue weighted by Crippen LogP contribution is 2.10. The van der Waals surface area contributed by atoms with Crippen LogP contribution in [0.4, 0.5) is 5.95 Å². The van der Waals surface area contributed by atoms with Gasteiger partial charge in [0.15, 0.2) is 5.52 Å². The molecule has 0 amide bonds. The first-order chi connectivity index (χ1) is 6.09. The number of rotatable bonds is 0. The van der Waals surface area contributed by atoms with E-state index in [2.05, 4.69) is 15.1 Å². The third kappa shape index (κ3) is 0.986. The molecule has 6 heteroatoms. The number of H-pyrrole nitrogens is 1. The van der Waals surface area contributed by atoms with Crippen molar-refractivity contribution in [1.29, 1.82) is 0 Å². The van der Waals surface area contributed by atoms with Crippen LogP contribution in [0.25, 0.3) is 11.0 Å². The average Bonchev–Trinajstić information content (AvgIpc) is 2.27. The predicted molar refractivity (Wildman–Crippen MR) is 48.3 cm³/mol. The van der Waals surface area contributed by atoms with Gasteiger partial charge in [0.25, 0.3) is 5.56 Å². The summed E-state index contributed by atoms with van der Waals surface area (Å²) in [4.78, 5) is 19.1. The van der Waals surface area contributed by atoms with E-state index in [-0.39, 0.29) is 11.5 Å². The van der Waals surface area contributed by atoms with Gasteiger partial charge >= 0.3 is 0 Å². The fourth-order valence-corrected chi connectivity index (χ4v) is 1.41. The van der Waals surface area contributed by atoms with Crippen molar-refractivity contribution in [3.05, 3.63) is 16.0 Å². The second-order valence-corrected chi connectivity index (χ2v) is 2.86.